The highest BCUT2D eigenvalue weighted by atomic mass is 32.1. The van der Waals surface area contributed by atoms with E-state index < -0.39 is 35.0 Å². The van der Waals surface area contributed by atoms with Gasteiger partial charge in [-0.15, -0.1) is 0 Å². The molecule has 0 radical (unpaired) electrons. The van der Waals surface area contributed by atoms with Crippen LogP contribution in [0.5, 0.6) is 5.75 Å². The number of thiophene rings is 1. The van der Waals surface area contributed by atoms with Crippen molar-refractivity contribution in [2.24, 2.45) is 7.05 Å². The smallest absolute Gasteiger partial charge is 0.303 e. The molecule has 0 aliphatic heterocycles. The number of aromatic hydroxyl groups is 1. The summed E-state index contributed by atoms with van der Waals surface area (Å²) in [5.74, 6) is -2.31. The summed E-state index contributed by atoms with van der Waals surface area (Å²) in [6, 6.07) is 3.55. The molecule has 0 bridgehead atoms. The normalized spacial score (nSPS) is 10.9. The molecule has 2 N–H and O–H groups in total. The van der Waals surface area contributed by atoms with E-state index in [0.29, 0.717) is 0 Å². The van der Waals surface area contributed by atoms with Gasteiger partial charge in [0.25, 0.3) is 5.56 Å². The van der Waals surface area contributed by atoms with E-state index >= 15 is 0 Å². The van der Waals surface area contributed by atoms with Crippen molar-refractivity contribution in [1.82, 2.24) is 9.55 Å². The van der Waals surface area contributed by atoms with E-state index in [9.17, 15) is 19.5 Å². The summed E-state index contributed by atoms with van der Waals surface area (Å²) in [7, 11) is 1.45. The van der Waals surface area contributed by atoms with Crippen LogP contribution >= 0.6 is 11.3 Å². The molecule has 8 heteroatoms. The number of Topliss-reactive ketones (excluding diaryl/α,β-unsaturated/α-hetero) is 1. The number of aliphatic carboxylic acids is 1. The van der Waals surface area contributed by atoms with Crippen molar-refractivity contribution < 1.29 is 19.8 Å². The number of carbonyl (C=O) groups excluding carboxylic acids is 1. The number of ketones is 1. The van der Waals surface area contributed by atoms with Crippen LogP contribution < -0.4 is 5.56 Å². The van der Waals surface area contributed by atoms with Crippen LogP contribution in [0.2, 0.25) is 0 Å². The van der Waals surface area contributed by atoms with Crippen molar-refractivity contribution in [2.75, 3.05) is 0 Å². The molecule has 3 rings (SSSR count). The van der Waals surface area contributed by atoms with E-state index in [2.05, 4.69) is 4.98 Å². The summed E-state index contributed by atoms with van der Waals surface area (Å²) >= 11 is 1.51. The minimum absolute atomic E-state index is 0.247. The van der Waals surface area contributed by atoms with Gasteiger partial charge in [-0.1, -0.05) is 0 Å². The van der Waals surface area contributed by atoms with E-state index in [1.807, 2.05) is 16.8 Å². The zero-order valence-corrected chi connectivity index (χ0v) is 14.0. The van der Waals surface area contributed by atoms with Crippen molar-refractivity contribution in [3.8, 4) is 16.9 Å². The maximum Gasteiger partial charge on any atom is 0.303 e. The Labute approximate surface area is 145 Å². The van der Waals surface area contributed by atoms with Crippen molar-refractivity contribution in [1.29, 1.82) is 0 Å². The fourth-order valence-electron chi connectivity index (χ4n) is 2.58. The molecule has 0 aliphatic rings. The molecule has 3 heterocycles. The first-order chi connectivity index (χ1) is 11.9. The predicted octanol–water partition coefficient (Wildman–Crippen LogP) is 2.42. The largest absolute Gasteiger partial charge is 0.506 e. The second-order valence-electron chi connectivity index (χ2n) is 5.51. The molecule has 0 unspecified atom stereocenters. The van der Waals surface area contributed by atoms with Gasteiger partial charge in [0.1, 0.15) is 17.0 Å². The summed E-state index contributed by atoms with van der Waals surface area (Å²) in [5, 5.41) is 23.3. The highest BCUT2D eigenvalue weighted by Gasteiger charge is 2.22. The van der Waals surface area contributed by atoms with Crippen molar-refractivity contribution in [3.05, 3.63) is 45.0 Å². The Kier molecular flexibility index (Phi) is 4.37. The molecule has 25 heavy (non-hydrogen) atoms. The summed E-state index contributed by atoms with van der Waals surface area (Å²) in [5.41, 5.74) is 0.797. The van der Waals surface area contributed by atoms with Gasteiger partial charge in [0, 0.05) is 25.2 Å². The zero-order valence-electron chi connectivity index (χ0n) is 13.2. The average molecular weight is 358 g/mol. The lowest BCUT2D eigenvalue weighted by Crippen LogP contribution is -2.25. The Hall–Kier alpha value is -3.00. The third-order valence-electron chi connectivity index (χ3n) is 3.89. The van der Waals surface area contributed by atoms with Gasteiger partial charge in [-0.2, -0.15) is 11.3 Å². The zero-order chi connectivity index (χ0) is 18.1. The van der Waals surface area contributed by atoms with Gasteiger partial charge in [-0.25, -0.2) is 4.98 Å². The van der Waals surface area contributed by atoms with Crippen molar-refractivity contribution in [3.63, 3.8) is 0 Å². The third-order valence-corrected chi connectivity index (χ3v) is 4.58. The Balaban J connectivity index is 2.19. The Morgan fingerprint density at radius 3 is 2.68 bits per heavy atom. The molecule has 0 spiro atoms. The fourth-order valence-corrected chi connectivity index (χ4v) is 3.25. The molecule has 0 atom stereocenters. The maximum absolute atomic E-state index is 12.4. The SMILES string of the molecule is Cn1c(=O)c(C(=O)CCC(=O)O)c(O)c2cc(-c3ccsc3)cnc21. The van der Waals surface area contributed by atoms with Crippen LogP contribution in [-0.4, -0.2) is 31.5 Å². The van der Waals surface area contributed by atoms with E-state index in [1.165, 1.54) is 23.0 Å². The van der Waals surface area contributed by atoms with Crippen LogP contribution in [0.3, 0.4) is 0 Å². The molecule has 0 amide bonds. The fraction of sp³-hybridized carbons (Fsp3) is 0.176. The number of hydrogen-bond donors (Lipinski definition) is 2. The average Bonchev–Trinajstić information content (AvgIpc) is 3.12. The van der Waals surface area contributed by atoms with Crippen LogP contribution in [0.25, 0.3) is 22.2 Å². The summed E-state index contributed by atoms with van der Waals surface area (Å²) in [6.45, 7) is 0. The number of carboxylic acid groups (broad SMARTS) is 1. The third kappa shape index (κ3) is 3.03. The second-order valence-corrected chi connectivity index (χ2v) is 6.29. The van der Waals surface area contributed by atoms with Gasteiger partial charge >= 0.3 is 5.97 Å². The topological polar surface area (TPSA) is 109 Å². The number of aromatic nitrogens is 2. The number of pyridine rings is 2. The van der Waals surface area contributed by atoms with Gasteiger partial charge in [-0.05, 0) is 28.5 Å². The molecule has 3 aromatic heterocycles. The molecule has 3 aromatic rings. The van der Waals surface area contributed by atoms with Crippen molar-refractivity contribution in [2.45, 2.75) is 12.8 Å². The lowest BCUT2D eigenvalue weighted by Gasteiger charge is -2.11. The lowest BCUT2D eigenvalue weighted by molar-refractivity contribution is -0.136. The number of carboxylic acids is 1. The van der Waals surface area contributed by atoms with Crippen LogP contribution in [-0.2, 0) is 11.8 Å². The predicted molar refractivity (Wildman–Crippen MR) is 93.2 cm³/mol. The van der Waals surface area contributed by atoms with Gasteiger partial charge < -0.3 is 10.2 Å². The van der Waals surface area contributed by atoms with Crippen LogP contribution in [0.1, 0.15) is 23.2 Å². The first-order valence-corrected chi connectivity index (χ1v) is 8.33. The first-order valence-electron chi connectivity index (χ1n) is 7.39. The summed E-state index contributed by atoms with van der Waals surface area (Å²) in [6.07, 6.45) is 0.823. The highest BCUT2D eigenvalue weighted by molar-refractivity contribution is 7.08. The number of fused-ring (bicyclic) bond motifs is 1. The Morgan fingerprint density at radius 2 is 2.04 bits per heavy atom. The standard InChI is InChI=1S/C17H14N2O5S/c1-19-16-11(6-10(7-18-16)9-4-5-25-8-9)15(23)14(17(19)24)12(20)2-3-13(21)22/h4-8,23H,2-3H2,1H3,(H,21,22). The van der Waals surface area contributed by atoms with Gasteiger partial charge in [0.15, 0.2) is 5.78 Å². The molecule has 0 fully saturated rings. The quantitative estimate of drug-likeness (QED) is 0.678. The molecular weight excluding hydrogens is 344 g/mol. The van der Waals surface area contributed by atoms with Gasteiger partial charge in [0.2, 0.25) is 0 Å². The molecule has 0 aromatic carbocycles. The van der Waals surface area contributed by atoms with E-state index in [-0.39, 0.29) is 17.5 Å². The Bertz CT molecular complexity index is 1040. The summed E-state index contributed by atoms with van der Waals surface area (Å²) < 4.78 is 1.18. The minimum Gasteiger partial charge on any atom is -0.506 e. The maximum atomic E-state index is 12.4. The monoisotopic (exact) mass is 358 g/mol. The molecular formula is C17H14N2O5S. The minimum atomic E-state index is -1.15. The summed E-state index contributed by atoms with van der Waals surface area (Å²) in [4.78, 5) is 39.5. The molecule has 0 saturated heterocycles. The second kappa shape index (κ2) is 6.48. The number of rotatable bonds is 5. The number of aryl methyl sites for hydroxylation is 1. The molecule has 7 nitrogen and oxygen atoms in total. The van der Waals surface area contributed by atoms with Crippen LogP contribution in [0.15, 0.2) is 33.9 Å². The molecule has 0 saturated carbocycles. The first kappa shape index (κ1) is 16.8. The van der Waals surface area contributed by atoms with Gasteiger partial charge in [-0.3, -0.25) is 19.0 Å². The highest BCUT2D eigenvalue weighted by Crippen LogP contribution is 2.30. The molecule has 0 aliphatic carbocycles. The number of carbonyl (C=O) groups is 2. The van der Waals surface area contributed by atoms with E-state index in [4.69, 9.17) is 5.11 Å². The Morgan fingerprint density at radius 1 is 1.28 bits per heavy atom. The van der Waals surface area contributed by atoms with E-state index in [1.54, 1.807) is 12.3 Å². The number of nitrogens with zero attached hydrogens (tertiary/aromatic N) is 2. The van der Waals surface area contributed by atoms with Crippen LogP contribution in [0.4, 0.5) is 0 Å². The molecule has 128 valence electrons. The lowest BCUT2D eigenvalue weighted by atomic mass is 10.0. The van der Waals surface area contributed by atoms with Crippen molar-refractivity contribution >= 4 is 34.1 Å². The van der Waals surface area contributed by atoms with E-state index in [0.717, 1.165) is 11.1 Å². The number of hydrogen-bond acceptors (Lipinski definition) is 6. The van der Waals surface area contributed by atoms with Gasteiger partial charge in [0.05, 0.1) is 11.8 Å². The van der Waals surface area contributed by atoms with Crippen LogP contribution in [0, 0.1) is 0 Å².